The minimum Gasteiger partial charge on any atom is -0.508 e. The Morgan fingerprint density at radius 3 is 1.86 bits per heavy atom. The molecular weight excluding hydrogens is 456 g/mol. The van der Waals surface area contributed by atoms with Crippen LogP contribution in [-0.4, -0.2) is 29.4 Å². The first kappa shape index (κ1) is 25.6. The number of hydrogen-bond donors (Lipinski definition) is 2. The lowest BCUT2D eigenvalue weighted by Gasteiger charge is -2.36. The van der Waals surface area contributed by atoms with E-state index in [4.69, 9.17) is 14.2 Å². The van der Waals surface area contributed by atoms with Crippen LogP contribution in [0.4, 0.5) is 0 Å². The predicted molar refractivity (Wildman–Crippen MR) is 138 cm³/mol. The van der Waals surface area contributed by atoms with Crippen molar-refractivity contribution < 1.29 is 29.2 Å². The molecule has 3 aromatic carbocycles. The number of unbranched alkanes of at least 4 members (excludes halogenated alkanes) is 4. The summed E-state index contributed by atoms with van der Waals surface area (Å²) in [5.41, 5.74) is 1.28. The number of phenolic OH excluding ortho intramolecular Hbond substituents is 2. The highest BCUT2D eigenvalue weighted by molar-refractivity contribution is 5.97. The quantitative estimate of drug-likeness (QED) is 0.260. The number of benzene rings is 3. The molecule has 0 unspecified atom stereocenters. The maximum Gasteiger partial charge on any atom is 0.340 e. The Kier molecular flexibility index (Phi) is 8.16. The molecule has 2 aliphatic rings. The van der Waals surface area contributed by atoms with Gasteiger partial charge in [-0.25, -0.2) is 4.79 Å². The summed E-state index contributed by atoms with van der Waals surface area (Å²) in [7, 11) is 0. The van der Waals surface area contributed by atoms with Gasteiger partial charge in [0.15, 0.2) is 5.60 Å². The van der Waals surface area contributed by atoms with E-state index in [0.29, 0.717) is 33.8 Å². The van der Waals surface area contributed by atoms with E-state index in [1.807, 2.05) is 12.1 Å². The summed E-state index contributed by atoms with van der Waals surface area (Å²) >= 11 is 0. The molecule has 0 bridgehead atoms. The average molecular weight is 491 g/mol. The standard InChI is InChI=1S/C20H12O5.C10H22O/c21-11-5-7-15-17(9-11)24-18-10-12(22)6-8-16(18)20(15)14-4-2-1-3-13(14)19(23)25-20;1-3-5-7-9-11-10-8-6-4-2/h1-10,21-22H;3-10H2,1-2H3. The van der Waals surface area contributed by atoms with Crippen LogP contribution in [0.15, 0.2) is 60.7 Å². The Bertz CT molecular complexity index is 1140. The Hall–Kier alpha value is -3.51. The van der Waals surface area contributed by atoms with Crippen molar-refractivity contribution in [3.8, 4) is 23.0 Å². The fourth-order valence-electron chi connectivity index (χ4n) is 4.66. The molecule has 0 atom stereocenters. The molecular formula is C30H34O6. The van der Waals surface area contributed by atoms with E-state index in [0.717, 1.165) is 13.2 Å². The monoisotopic (exact) mass is 490 g/mol. The highest BCUT2D eigenvalue weighted by Crippen LogP contribution is 2.56. The second-order valence-electron chi connectivity index (χ2n) is 9.11. The minimum atomic E-state index is -1.17. The van der Waals surface area contributed by atoms with Gasteiger partial charge in [0.2, 0.25) is 0 Å². The lowest BCUT2D eigenvalue weighted by Crippen LogP contribution is -2.32. The number of aromatic hydroxyl groups is 2. The van der Waals surface area contributed by atoms with Crippen molar-refractivity contribution in [2.75, 3.05) is 13.2 Å². The van der Waals surface area contributed by atoms with Gasteiger partial charge in [0.05, 0.1) is 5.56 Å². The van der Waals surface area contributed by atoms with Gasteiger partial charge < -0.3 is 24.4 Å². The lowest BCUT2D eigenvalue weighted by atomic mass is 9.77. The summed E-state index contributed by atoms with van der Waals surface area (Å²) in [5, 5.41) is 19.7. The largest absolute Gasteiger partial charge is 0.508 e. The van der Waals surface area contributed by atoms with Gasteiger partial charge in [0.1, 0.15) is 23.0 Å². The van der Waals surface area contributed by atoms with Gasteiger partial charge in [-0.15, -0.1) is 0 Å². The smallest absolute Gasteiger partial charge is 0.340 e. The Labute approximate surface area is 212 Å². The SMILES string of the molecule is CCCCCOCCCCC.O=C1OC2(c3ccc(O)cc3Oc3cc(O)ccc32)c2ccccc21. The van der Waals surface area contributed by atoms with Crippen molar-refractivity contribution in [1.29, 1.82) is 0 Å². The molecule has 0 fully saturated rings. The molecule has 190 valence electrons. The number of phenols is 2. The van der Waals surface area contributed by atoms with Crippen molar-refractivity contribution in [3.05, 3.63) is 82.9 Å². The molecule has 6 heteroatoms. The molecule has 0 saturated heterocycles. The Morgan fingerprint density at radius 1 is 0.750 bits per heavy atom. The molecule has 3 aromatic rings. The summed E-state index contributed by atoms with van der Waals surface area (Å²) in [6, 6.07) is 16.6. The fraction of sp³-hybridized carbons (Fsp3) is 0.367. The zero-order chi connectivity index (χ0) is 25.5. The number of hydrogen-bond acceptors (Lipinski definition) is 6. The number of fused-ring (bicyclic) bond motifs is 6. The van der Waals surface area contributed by atoms with Crippen LogP contribution in [0, 0.1) is 0 Å². The third kappa shape index (κ3) is 5.05. The number of carbonyl (C=O) groups is 1. The third-order valence-electron chi connectivity index (χ3n) is 6.47. The van der Waals surface area contributed by atoms with Crippen molar-refractivity contribution in [2.24, 2.45) is 0 Å². The molecule has 0 radical (unpaired) electrons. The van der Waals surface area contributed by atoms with E-state index in [2.05, 4.69) is 13.8 Å². The first-order chi connectivity index (χ1) is 17.5. The van der Waals surface area contributed by atoms with Crippen LogP contribution in [-0.2, 0) is 15.1 Å². The molecule has 1 spiro atoms. The summed E-state index contributed by atoms with van der Waals surface area (Å²) in [4.78, 5) is 12.5. The first-order valence-corrected chi connectivity index (χ1v) is 12.8. The van der Waals surface area contributed by atoms with Gasteiger partial charge in [-0.3, -0.25) is 0 Å². The normalized spacial score (nSPS) is 14.1. The number of rotatable bonds is 8. The molecule has 2 aliphatic heterocycles. The molecule has 0 saturated carbocycles. The zero-order valence-electron chi connectivity index (χ0n) is 21.0. The number of carbonyl (C=O) groups excluding carboxylic acids is 1. The van der Waals surface area contributed by atoms with Gasteiger partial charge in [0.25, 0.3) is 0 Å². The number of ether oxygens (including phenoxy) is 3. The van der Waals surface area contributed by atoms with Gasteiger partial charge in [-0.05, 0) is 43.2 Å². The van der Waals surface area contributed by atoms with Crippen LogP contribution >= 0.6 is 0 Å². The lowest BCUT2D eigenvalue weighted by molar-refractivity contribution is 0.0224. The minimum absolute atomic E-state index is 0.0371. The van der Waals surface area contributed by atoms with Gasteiger partial charge in [0, 0.05) is 42.0 Å². The third-order valence-corrected chi connectivity index (χ3v) is 6.47. The highest BCUT2D eigenvalue weighted by atomic mass is 16.6. The average Bonchev–Trinajstić information content (AvgIpc) is 3.16. The van der Waals surface area contributed by atoms with E-state index >= 15 is 0 Å². The van der Waals surface area contributed by atoms with E-state index < -0.39 is 11.6 Å². The number of esters is 1. The maximum atomic E-state index is 12.5. The van der Waals surface area contributed by atoms with Crippen LogP contribution in [0.2, 0.25) is 0 Å². The van der Waals surface area contributed by atoms with Gasteiger partial charge in [-0.1, -0.05) is 57.7 Å². The molecule has 0 aromatic heterocycles. The molecule has 2 heterocycles. The molecule has 36 heavy (non-hydrogen) atoms. The molecule has 5 rings (SSSR count). The Balaban J connectivity index is 0.000000237. The van der Waals surface area contributed by atoms with Crippen LogP contribution in [0.1, 0.15) is 79.4 Å². The summed E-state index contributed by atoms with van der Waals surface area (Å²) < 4.78 is 17.2. The van der Waals surface area contributed by atoms with Crippen LogP contribution in [0.25, 0.3) is 0 Å². The van der Waals surface area contributed by atoms with E-state index in [1.165, 1.54) is 62.8 Å². The Morgan fingerprint density at radius 2 is 1.31 bits per heavy atom. The van der Waals surface area contributed by atoms with E-state index in [1.54, 1.807) is 24.3 Å². The second-order valence-corrected chi connectivity index (χ2v) is 9.11. The van der Waals surface area contributed by atoms with E-state index in [-0.39, 0.29) is 11.5 Å². The second kappa shape index (κ2) is 11.5. The topological polar surface area (TPSA) is 85.2 Å². The summed E-state index contributed by atoms with van der Waals surface area (Å²) in [6.45, 7) is 6.38. The predicted octanol–water partition coefficient (Wildman–Crippen LogP) is 7.05. The van der Waals surface area contributed by atoms with E-state index in [9.17, 15) is 15.0 Å². The van der Waals surface area contributed by atoms with Crippen LogP contribution in [0.3, 0.4) is 0 Å². The highest BCUT2D eigenvalue weighted by Gasteiger charge is 2.53. The molecule has 0 aliphatic carbocycles. The van der Waals surface area contributed by atoms with Crippen molar-refractivity contribution in [1.82, 2.24) is 0 Å². The fourth-order valence-corrected chi connectivity index (χ4v) is 4.66. The van der Waals surface area contributed by atoms with Gasteiger partial charge in [-0.2, -0.15) is 0 Å². The van der Waals surface area contributed by atoms with Crippen LogP contribution < -0.4 is 4.74 Å². The zero-order valence-corrected chi connectivity index (χ0v) is 21.0. The van der Waals surface area contributed by atoms with Gasteiger partial charge >= 0.3 is 5.97 Å². The van der Waals surface area contributed by atoms with Crippen molar-refractivity contribution in [2.45, 2.75) is 58.0 Å². The molecule has 0 amide bonds. The molecule has 2 N–H and O–H groups in total. The van der Waals surface area contributed by atoms with Crippen molar-refractivity contribution >= 4 is 5.97 Å². The van der Waals surface area contributed by atoms with Crippen molar-refractivity contribution in [3.63, 3.8) is 0 Å². The summed E-state index contributed by atoms with van der Waals surface area (Å²) in [6.07, 6.45) is 7.68. The summed E-state index contributed by atoms with van der Waals surface area (Å²) in [5.74, 6) is 0.408. The maximum absolute atomic E-state index is 12.5. The molecule has 6 nitrogen and oxygen atoms in total. The van der Waals surface area contributed by atoms with Crippen LogP contribution in [0.5, 0.6) is 23.0 Å². The first-order valence-electron chi connectivity index (χ1n) is 12.8.